The number of carbonyl (C=O) groups is 1. The Morgan fingerprint density at radius 3 is 2.45 bits per heavy atom. The van der Waals surface area contributed by atoms with E-state index in [2.05, 4.69) is 30.6 Å². The maximum absolute atomic E-state index is 11.9. The van der Waals surface area contributed by atoms with Crippen LogP contribution < -0.4 is 0 Å². The Morgan fingerprint density at radius 2 is 1.95 bits per heavy atom. The molecule has 0 aromatic heterocycles. The molecule has 1 amide bonds. The predicted molar refractivity (Wildman–Crippen MR) is 89.6 cm³/mol. The van der Waals surface area contributed by atoms with E-state index < -0.39 is 5.60 Å². The highest BCUT2D eigenvalue weighted by molar-refractivity contribution is 5.78. The van der Waals surface area contributed by atoms with Gasteiger partial charge in [-0.25, -0.2) is 0 Å². The van der Waals surface area contributed by atoms with Gasteiger partial charge in [-0.2, -0.15) is 0 Å². The Labute approximate surface area is 135 Å². The molecule has 0 aliphatic carbocycles. The van der Waals surface area contributed by atoms with Crippen LogP contribution in [0.15, 0.2) is 0 Å². The van der Waals surface area contributed by atoms with Gasteiger partial charge in [0.25, 0.3) is 0 Å². The highest BCUT2D eigenvalue weighted by atomic mass is 16.3. The van der Waals surface area contributed by atoms with Gasteiger partial charge in [-0.15, -0.1) is 0 Å². The molecule has 2 fully saturated rings. The zero-order valence-electron chi connectivity index (χ0n) is 15.0. The summed E-state index contributed by atoms with van der Waals surface area (Å²) in [5.74, 6) is 1.20. The maximum Gasteiger partial charge on any atom is 0.222 e. The van der Waals surface area contributed by atoms with Gasteiger partial charge < -0.3 is 14.9 Å². The molecule has 128 valence electrons. The van der Waals surface area contributed by atoms with E-state index in [0.29, 0.717) is 29.8 Å². The molecule has 22 heavy (non-hydrogen) atoms. The second-order valence-corrected chi connectivity index (χ2v) is 8.28. The third-order valence-corrected chi connectivity index (χ3v) is 5.61. The van der Waals surface area contributed by atoms with Crippen LogP contribution in [-0.2, 0) is 4.79 Å². The molecule has 4 heteroatoms. The minimum atomic E-state index is -0.626. The molecule has 0 radical (unpaired) electrons. The van der Waals surface area contributed by atoms with Gasteiger partial charge in [0, 0.05) is 44.1 Å². The first-order valence-corrected chi connectivity index (χ1v) is 8.94. The van der Waals surface area contributed by atoms with Gasteiger partial charge in [-0.05, 0) is 59.8 Å². The Kier molecular flexibility index (Phi) is 5.54. The first kappa shape index (κ1) is 17.7. The molecule has 2 saturated heterocycles. The van der Waals surface area contributed by atoms with Crippen LogP contribution in [0.3, 0.4) is 0 Å². The van der Waals surface area contributed by atoms with E-state index in [-0.39, 0.29) is 0 Å². The molecule has 2 aliphatic rings. The molecule has 0 bridgehead atoms. The minimum absolute atomic E-state index is 0.315. The first-order valence-electron chi connectivity index (χ1n) is 8.94. The topological polar surface area (TPSA) is 43.8 Å². The van der Waals surface area contributed by atoms with E-state index in [1.807, 2.05) is 13.8 Å². The van der Waals surface area contributed by atoms with E-state index in [9.17, 15) is 9.90 Å². The second kappa shape index (κ2) is 6.88. The number of rotatable bonds is 5. The number of aliphatic hydroxyl groups is 1. The molecule has 3 atom stereocenters. The van der Waals surface area contributed by atoms with E-state index in [4.69, 9.17) is 0 Å². The minimum Gasteiger partial charge on any atom is -0.390 e. The van der Waals surface area contributed by atoms with Gasteiger partial charge in [0.15, 0.2) is 0 Å². The molecule has 2 heterocycles. The summed E-state index contributed by atoms with van der Waals surface area (Å²) in [6.45, 7) is 13.5. The van der Waals surface area contributed by atoms with E-state index in [0.717, 1.165) is 45.3 Å². The molecule has 2 unspecified atom stereocenters. The first-order chi connectivity index (χ1) is 10.2. The van der Waals surface area contributed by atoms with Crippen molar-refractivity contribution < 1.29 is 9.90 Å². The molecule has 2 rings (SSSR count). The van der Waals surface area contributed by atoms with Gasteiger partial charge in [-0.3, -0.25) is 4.79 Å². The lowest BCUT2D eigenvalue weighted by atomic mass is 9.77. The molecule has 0 saturated carbocycles. The fraction of sp³-hybridized carbons (Fsp3) is 0.944. The predicted octanol–water partition coefficient (Wildman–Crippen LogP) is 2.50. The standard InChI is InChI=1S/C18H34N2O2/c1-13(2)19-11-15(10-16(12-19)18(4,5)22)9-14(3)20-8-6-7-17(20)21/h13-16,22H,6-12H2,1-5H3/t14?,15?,16-/m0/s1. The third-order valence-electron chi connectivity index (χ3n) is 5.61. The van der Waals surface area contributed by atoms with Crippen molar-refractivity contribution in [3.63, 3.8) is 0 Å². The van der Waals surface area contributed by atoms with Gasteiger partial charge in [-0.1, -0.05) is 0 Å². The number of nitrogens with zero attached hydrogens (tertiary/aromatic N) is 2. The fourth-order valence-electron chi connectivity index (χ4n) is 4.09. The molecule has 0 spiro atoms. The second-order valence-electron chi connectivity index (χ2n) is 8.28. The van der Waals surface area contributed by atoms with Crippen molar-refractivity contribution in [3.8, 4) is 0 Å². The highest BCUT2D eigenvalue weighted by Gasteiger charge is 2.37. The van der Waals surface area contributed by atoms with E-state index in [1.54, 1.807) is 0 Å². The summed E-state index contributed by atoms with van der Waals surface area (Å²) < 4.78 is 0. The molecule has 2 aliphatic heterocycles. The quantitative estimate of drug-likeness (QED) is 0.848. The van der Waals surface area contributed by atoms with Gasteiger partial charge >= 0.3 is 0 Å². The lowest BCUT2D eigenvalue weighted by Crippen LogP contribution is -2.51. The van der Waals surface area contributed by atoms with Crippen LogP contribution >= 0.6 is 0 Å². The third kappa shape index (κ3) is 4.23. The number of carbonyl (C=O) groups excluding carboxylic acids is 1. The number of amides is 1. The summed E-state index contributed by atoms with van der Waals surface area (Å²) in [5.41, 5.74) is -0.626. The number of hydrogen-bond acceptors (Lipinski definition) is 3. The van der Waals surface area contributed by atoms with Crippen molar-refractivity contribution in [2.24, 2.45) is 11.8 Å². The Bertz CT molecular complexity index is 389. The largest absolute Gasteiger partial charge is 0.390 e. The van der Waals surface area contributed by atoms with Crippen molar-refractivity contribution >= 4 is 5.91 Å². The average molecular weight is 310 g/mol. The van der Waals surface area contributed by atoms with Gasteiger partial charge in [0.05, 0.1) is 5.60 Å². The Morgan fingerprint density at radius 1 is 1.27 bits per heavy atom. The normalized spacial score (nSPS) is 29.4. The average Bonchev–Trinajstić information content (AvgIpc) is 2.83. The highest BCUT2D eigenvalue weighted by Crippen LogP contribution is 2.34. The van der Waals surface area contributed by atoms with Crippen LogP contribution in [0.5, 0.6) is 0 Å². The van der Waals surface area contributed by atoms with E-state index in [1.165, 1.54) is 0 Å². The molecule has 0 aromatic carbocycles. The number of hydrogen-bond donors (Lipinski definition) is 1. The molecule has 4 nitrogen and oxygen atoms in total. The summed E-state index contributed by atoms with van der Waals surface area (Å²) in [7, 11) is 0. The van der Waals surface area contributed by atoms with Crippen LogP contribution in [0.2, 0.25) is 0 Å². The fourth-order valence-corrected chi connectivity index (χ4v) is 4.09. The smallest absolute Gasteiger partial charge is 0.222 e. The van der Waals surface area contributed by atoms with Crippen molar-refractivity contribution in [2.45, 2.75) is 78.0 Å². The number of piperidine rings is 1. The van der Waals surface area contributed by atoms with Crippen LogP contribution in [0, 0.1) is 11.8 Å². The zero-order valence-corrected chi connectivity index (χ0v) is 15.0. The van der Waals surface area contributed by atoms with Crippen molar-refractivity contribution in [1.29, 1.82) is 0 Å². The van der Waals surface area contributed by atoms with Crippen molar-refractivity contribution in [1.82, 2.24) is 9.80 Å². The van der Waals surface area contributed by atoms with Crippen LogP contribution in [0.25, 0.3) is 0 Å². The molecule has 1 N–H and O–H groups in total. The lowest BCUT2D eigenvalue weighted by Gasteiger charge is -2.45. The van der Waals surface area contributed by atoms with Gasteiger partial charge in [0.1, 0.15) is 0 Å². The summed E-state index contributed by atoms with van der Waals surface area (Å²) in [6, 6.07) is 0.839. The molecular formula is C18H34N2O2. The van der Waals surface area contributed by atoms with Gasteiger partial charge in [0.2, 0.25) is 5.91 Å². The summed E-state index contributed by atoms with van der Waals surface area (Å²) in [4.78, 5) is 16.5. The Balaban J connectivity index is 2.00. The Hall–Kier alpha value is -0.610. The van der Waals surface area contributed by atoms with Crippen molar-refractivity contribution in [3.05, 3.63) is 0 Å². The molecule has 0 aromatic rings. The summed E-state index contributed by atoms with van der Waals surface area (Å²) >= 11 is 0. The van der Waals surface area contributed by atoms with Crippen LogP contribution in [-0.4, -0.2) is 58.1 Å². The SMILES string of the molecule is CC(C)N1CC(CC(C)N2CCCC2=O)C[C@H](C(C)(C)O)C1. The van der Waals surface area contributed by atoms with E-state index >= 15 is 0 Å². The lowest BCUT2D eigenvalue weighted by molar-refractivity contribution is -0.130. The van der Waals surface area contributed by atoms with Crippen LogP contribution in [0.1, 0.15) is 60.3 Å². The summed E-state index contributed by atoms with van der Waals surface area (Å²) in [5, 5.41) is 10.5. The monoisotopic (exact) mass is 310 g/mol. The number of likely N-dealkylation sites (tertiary alicyclic amines) is 2. The molecular weight excluding hydrogens is 276 g/mol. The summed E-state index contributed by atoms with van der Waals surface area (Å²) in [6.07, 6.45) is 3.86. The van der Waals surface area contributed by atoms with Crippen LogP contribution in [0.4, 0.5) is 0 Å². The zero-order chi connectivity index (χ0) is 16.5. The maximum atomic E-state index is 11.9. The van der Waals surface area contributed by atoms with Crippen molar-refractivity contribution in [2.75, 3.05) is 19.6 Å².